The third-order valence-corrected chi connectivity index (χ3v) is 4.78. The van der Waals surface area contributed by atoms with Gasteiger partial charge in [-0.05, 0) is 49.7 Å². The van der Waals surface area contributed by atoms with E-state index in [0.29, 0.717) is 11.7 Å². The summed E-state index contributed by atoms with van der Waals surface area (Å²) in [7, 11) is 0. The van der Waals surface area contributed by atoms with Gasteiger partial charge >= 0.3 is 0 Å². The van der Waals surface area contributed by atoms with Crippen molar-refractivity contribution in [1.82, 2.24) is 14.7 Å². The summed E-state index contributed by atoms with van der Waals surface area (Å²) in [5.74, 6) is 3.75. The van der Waals surface area contributed by atoms with Crippen LogP contribution in [0, 0.1) is 18.8 Å². The molecule has 0 aromatic heterocycles. The second-order valence-electron chi connectivity index (χ2n) is 5.88. The van der Waals surface area contributed by atoms with Crippen molar-refractivity contribution in [2.45, 2.75) is 38.5 Å². The highest BCUT2D eigenvalue weighted by Gasteiger charge is 2.42. The van der Waals surface area contributed by atoms with Gasteiger partial charge in [0.15, 0.2) is 5.82 Å². The van der Waals surface area contributed by atoms with Crippen LogP contribution in [-0.4, -0.2) is 19.9 Å². The van der Waals surface area contributed by atoms with Crippen molar-refractivity contribution in [3.8, 4) is 11.5 Å². The largest absolute Gasteiger partial charge is 0.427 e. The van der Waals surface area contributed by atoms with Crippen LogP contribution in [0.4, 0.5) is 0 Å². The molecule has 2 aliphatic heterocycles. The first kappa shape index (κ1) is 10.4. The number of rotatable bonds is 1. The first-order chi connectivity index (χ1) is 8.72. The van der Waals surface area contributed by atoms with Crippen molar-refractivity contribution >= 4 is 0 Å². The minimum Gasteiger partial charge on any atom is -0.427 e. The minimum atomic E-state index is 0.524. The molecule has 3 atom stereocenters. The zero-order chi connectivity index (χ0) is 12.3. The van der Waals surface area contributed by atoms with Gasteiger partial charge in [0.25, 0.3) is 0 Å². The van der Waals surface area contributed by atoms with Gasteiger partial charge in [-0.1, -0.05) is 6.42 Å². The van der Waals surface area contributed by atoms with Crippen LogP contribution in [0.5, 0.6) is 0 Å². The molecule has 4 heteroatoms. The second kappa shape index (κ2) is 3.46. The Morgan fingerprint density at radius 3 is 2.83 bits per heavy atom. The predicted molar refractivity (Wildman–Crippen MR) is 66.8 cm³/mol. The normalized spacial score (nSPS) is 30.4. The van der Waals surface area contributed by atoms with E-state index in [-0.39, 0.29) is 0 Å². The molecular weight excluding hydrogens is 226 g/mol. The summed E-state index contributed by atoms with van der Waals surface area (Å²) < 4.78 is 1.09. The number of fused-ring (bicyclic) bond motifs is 3. The van der Waals surface area contributed by atoms with Crippen molar-refractivity contribution in [2.75, 3.05) is 0 Å². The molecule has 0 aromatic carbocycles. The van der Waals surface area contributed by atoms with Gasteiger partial charge in [-0.3, -0.25) is 0 Å². The van der Waals surface area contributed by atoms with Crippen molar-refractivity contribution in [1.29, 1.82) is 0 Å². The minimum absolute atomic E-state index is 0.524. The molecule has 2 saturated carbocycles. The number of pyridine rings is 1. The van der Waals surface area contributed by atoms with E-state index in [1.54, 1.807) is 6.20 Å². The molecule has 94 valence electrons. The highest BCUT2D eigenvalue weighted by Crippen LogP contribution is 2.52. The van der Waals surface area contributed by atoms with Gasteiger partial charge in [-0.25, -0.2) is 9.97 Å². The van der Waals surface area contributed by atoms with Crippen LogP contribution in [0.15, 0.2) is 12.3 Å². The van der Waals surface area contributed by atoms with E-state index in [0.717, 1.165) is 33.6 Å². The summed E-state index contributed by atoms with van der Waals surface area (Å²) in [6, 6.07) is 1.88. The Kier molecular flexibility index (Phi) is 1.99. The Hall–Kier alpha value is -1.58. The summed E-state index contributed by atoms with van der Waals surface area (Å²) in [6.07, 6.45) is 6.95. The number of aryl methyl sites for hydroxylation is 1. The van der Waals surface area contributed by atoms with Crippen molar-refractivity contribution in [3.63, 3.8) is 0 Å². The van der Waals surface area contributed by atoms with E-state index in [4.69, 9.17) is 0 Å². The van der Waals surface area contributed by atoms with E-state index in [2.05, 4.69) is 9.97 Å². The highest BCUT2D eigenvalue weighted by molar-refractivity contribution is 5.57. The average Bonchev–Trinajstić information content (AvgIpc) is 3.06. The first-order valence-electron chi connectivity index (χ1n) is 6.77. The van der Waals surface area contributed by atoms with E-state index in [9.17, 15) is 5.21 Å². The SMILES string of the molecule is Cc1ccn(O)c2nc(C3CC4CCC3C4)nc1-2. The van der Waals surface area contributed by atoms with Crippen LogP contribution in [0.1, 0.15) is 43.0 Å². The van der Waals surface area contributed by atoms with E-state index in [1.807, 2.05) is 13.0 Å². The maximum atomic E-state index is 9.80. The van der Waals surface area contributed by atoms with Crippen LogP contribution in [0.25, 0.3) is 11.5 Å². The fourth-order valence-corrected chi connectivity index (χ4v) is 3.83. The molecule has 4 rings (SSSR count). The molecule has 1 N–H and O–H groups in total. The Balaban J connectivity index is 1.80. The van der Waals surface area contributed by atoms with Gasteiger partial charge in [0, 0.05) is 12.1 Å². The molecule has 2 bridgehead atoms. The lowest BCUT2D eigenvalue weighted by Gasteiger charge is -2.18. The average molecular weight is 243 g/mol. The number of imidazole rings is 1. The summed E-state index contributed by atoms with van der Waals surface area (Å²) in [4.78, 5) is 9.26. The quantitative estimate of drug-likeness (QED) is 0.783. The maximum absolute atomic E-state index is 9.80. The number of hydrogen-bond acceptors (Lipinski definition) is 3. The van der Waals surface area contributed by atoms with Crippen LogP contribution in [-0.2, 0) is 0 Å². The number of aromatic nitrogens is 3. The lowest BCUT2D eigenvalue weighted by atomic mass is 9.88. The molecule has 2 heterocycles. The van der Waals surface area contributed by atoms with Gasteiger partial charge in [0.05, 0.1) is 0 Å². The first-order valence-corrected chi connectivity index (χ1v) is 6.77. The molecule has 4 nitrogen and oxygen atoms in total. The van der Waals surface area contributed by atoms with Crippen molar-refractivity contribution in [3.05, 3.63) is 23.7 Å². The highest BCUT2D eigenvalue weighted by atomic mass is 16.5. The van der Waals surface area contributed by atoms with Gasteiger partial charge in [0.2, 0.25) is 0 Å². The zero-order valence-corrected chi connectivity index (χ0v) is 10.5. The van der Waals surface area contributed by atoms with Crippen LogP contribution in [0.2, 0.25) is 0 Å². The van der Waals surface area contributed by atoms with E-state index >= 15 is 0 Å². The maximum Gasteiger partial charge on any atom is 0.195 e. The van der Waals surface area contributed by atoms with Crippen LogP contribution >= 0.6 is 0 Å². The van der Waals surface area contributed by atoms with Crippen molar-refractivity contribution in [2.24, 2.45) is 11.8 Å². The lowest BCUT2D eigenvalue weighted by Crippen LogP contribution is -2.09. The molecular formula is C14H17N3O. The zero-order valence-electron chi connectivity index (χ0n) is 10.5. The topological polar surface area (TPSA) is 50.9 Å². The standard InChI is InChI=1S/C14H17N3O/c1-8-4-5-17(18)14-12(8)15-13(16-14)11-7-9-2-3-10(11)6-9/h4-5,9-11,18H,2-3,6-7H2,1H3. The Morgan fingerprint density at radius 1 is 1.28 bits per heavy atom. The lowest BCUT2D eigenvalue weighted by molar-refractivity contribution is 0.186. The molecule has 18 heavy (non-hydrogen) atoms. The third kappa shape index (κ3) is 1.32. The summed E-state index contributed by atoms with van der Waals surface area (Å²) in [6.45, 7) is 2.02. The Morgan fingerprint density at radius 2 is 2.17 bits per heavy atom. The van der Waals surface area contributed by atoms with Gasteiger partial charge in [-0.2, -0.15) is 4.73 Å². The van der Waals surface area contributed by atoms with Gasteiger partial charge < -0.3 is 5.21 Å². The molecule has 0 amide bonds. The monoisotopic (exact) mass is 243 g/mol. The fourth-order valence-electron chi connectivity index (χ4n) is 3.83. The second-order valence-corrected chi connectivity index (χ2v) is 5.88. The summed E-state index contributed by atoms with van der Waals surface area (Å²) in [5, 5.41) is 9.80. The predicted octanol–water partition coefficient (Wildman–Crippen LogP) is 2.83. The number of nitrogens with zero attached hydrogens (tertiary/aromatic N) is 3. The molecule has 0 saturated heterocycles. The number of hydrogen-bond donors (Lipinski definition) is 1. The van der Waals surface area contributed by atoms with Gasteiger partial charge in [0.1, 0.15) is 11.5 Å². The van der Waals surface area contributed by atoms with E-state index in [1.165, 1.54) is 25.7 Å². The molecule has 4 aliphatic rings. The summed E-state index contributed by atoms with van der Waals surface area (Å²) in [5.41, 5.74) is 1.93. The smallest absolute Gasteiger partial charge is 0.195 e. The van der Waals surface area contributed by atoms with E-state index < -0.39 is 0 Å². The molecule has 0 radical (unpaired) electrons. The molecule has 2 aliphatic carbocycles. The molecule has 3 unspecified atom stereocenters. The van der Waals surface area contributed by atoms with Crippen molar-refractivity contribution < 1.29 is 5.21 Å². The van der Waals surface area contributed by atoms with Gasteiger partial charge in [-0.15, -0.1) is 0 Å². The van der Waals surface area contributed by atoms with Crippen LogP contribution in [0.3, 0.4) is 0 Å². The Bertz CT molecular complexity index is 541. The Labute approximate surface area is 106 Å². The van der Waals surface area contributed by atoms with Crippen LogP contribution < -0.4 is 0 Å². The fraction of sp³-hybridized carbons (Fsp3) is 0.571. The molecule has 0 aromatic rings. The summed E-state index contributed by atoms with van der Waals surface area (Å²) >= 11 is 0. The third-order valence-electron chi connectivity index (χ3n) is 4.78. The molecule has 0 spiro atoms. The molecule has 2 fully saturated rings.